The SMILES string of the molecule is CCOCc1nc(N)cc(NC2(CC)CCC2)n1. The van der Waals surface area contributed by atoms with Crippen LogP contribution in [0.1, 0.15) is 45.4 Å². The highest BCUT2D eigenvalue weighted by molar-refractivity contribution is 5.47. The van der Waals surface area contributed by atoms with Crippen LogP contribution in [0.2, 0.25) is 0 Å². The van der Waals surface area contributed by atoms with Gasteiger partial charge >= 0.3 is 0 Å². The molecule has 2 rings (SSSR count). The molecule has 3 N–H and O–H groups in total. The fourth-order valence-electron chi connectivity index (χ4n) is 2.28. The van der Waals surface area contributed by atoms with E-state index in [-0.39, 0.29) is 5.54 Å². The highest BCUT2D eigenvalue weighted by Crippen LogP contribution is 2.37. The summed E-state index contributed by atoms with van der Waals surface area (Å²) in [6.45, 7) is 5.22. The molecule has 1 aliphatic carbocycles. The minimum absolute atomic E-state index is 0.212. The van der Waals surface area contributed by atoms with Crippen LogP contribution < -0.4 is 11.1 Å². The molecule has 1 fully saturated rings. The van der Waals surface area contributed by atoms with Gasteiger partial charge in [-0.1, -0.05) is 6.92 Å². The molecular weight excluding hydrogens is 228 g/mol. The minimum atomic E-state index is 0.212. The number of nitrogen functional groups attached to an aromatic ring is 1. The molecule has 1 heterocycles. The van der Waals surface area contributed by atoms with E-state index >= 15 is 0 Å². The molecule has 5 nitrogen and oxygen atoms in total. The number of rotatable bonds is 6. The van der Waals surface area contributed by atoms with Crippen molar-refractivity contribution < 1.29 is 4.74 Å². The van der Waals surface area contributed by atoms with Crippen LogP contribution in [0.3, 0.4) is 0 Å². The van der Waals surface area contributed by atoms with Crippen molar-refractivity contribution >= 4 is 11.6 Å². The first-order valence-electron chi connectivity index (χ1n) is 6.67. The van der Waals surface area contributed by atoms with E-state index < -0.39 is 0 Å². The normalized spacial score (nSPS) is 17.2. The summed E-state index contributed by atoms with van der Waals surface area (Å²) in [5, 5.41) is 3.51. The predicted molar refractivity (Wildman–Crippen MR) is 72.3 cm³/mol. The molecule has 0 radical (unpaired) electrons. The van der Waals surface area contributed by atoms with E-state index in [1.807, 2.05) is 6.92 Å². The van der Waals surface area contributed by atoms with Crippen LogP contribution >= 0.6 is 0 Å². The maximum atomic E-state index is 5.80. The number of hydrogen-bond donors (Lipinski definition) is 2. The van der Waals surface area contributed by atoms with E-state index in [4.69, 9.17) is 10.5 Å². The van der Waals surface area contributed by atoms with Gasteiger partial charge in [0.2, 0.25) is 0 Å². The molecule has 18 heavy (non-hydrogen) atoms. The lowest BCUT2D eigenvalue weighted by Crippen LogP contribution is -2.44. The number of anilines is 2. The standard InChI is InChI=1S/C13H22N4O/c1-3-13(6-5-7-13)17-11-8-10(14)15-12(16-11)9-18-4-2/h8H,3-7,9H2,1-2H3,(H3,14,15,16,17). The fourth-order valence-corrected chi connectivity index (χ4v) is 2.28. The van der Waals surface area contributed by atoms with Gasteiger partial charge in [-0.15, -0.1) is 0 Å². The lowest BCUT2D eigenvalue weighted by molar-refractivity contribution is 0.128. The molecule has 0 aromatic carbocycles. The second kappa shape index (κ2) is 5.52. The van der Waals surface area contributed by atoms with Gasteiger partial charge in [0.15, 0.2) is 5.82 Å². The summed E-state index contributed by atoms with van der Waals surface area (Å²) in [5.41, 5.74) is 6.02. The third-order valence-corrected chi connectivity index (χ3v) is 3.61. The molecule has 1 aliphatic rings. The van der Waals surface area contributed by atoms with Gasteiger partial charge in [0.05, 0.1) is 0 Å². The maximum Gasteiger partial charge on any atom is 0.158 e. The Morgan fingerprint density at radius 3 is 2.72 bits per heavy atom. The van der Waals surface area contributed by atoms with Crippen LogP contribution in [-0.2, 0) is 11.3 Å². The van der Waals surface area contributed by atoms with Crippen molar-refractivity contribution in [3.63, 3.8) is 0 Å². The van der Waals surface area contributed by atoms with Crippen LogP contribution in [0.25, 0.3) is 0 Å². The molecule has 0 saturated heterocycles. The number of ether oxygens (including phenoxy) is 1. The van der Waals surface area contributed by atoms with E-state index in [9.17, 15) is 0 Å². The number of nitrogens with one attached hydrogen (secondary N) is 1. The quantitative estimate of drug-likeness (QED) is 0.810. The van der Waals surface area contributed by atoms with Crippen molar-refractivity contribution in [1.29, 1.82) is 0 Å². The first-order valence-corrected chi connectivity index (χ1v) is 6.67. The second-order valence-corrected chi connectivity index (χ2v) is 4.84. The van der Waals surface area contributed by atoms with Gasteiger partial charge in [0.1, 0.15) is 18.2 Å². The van der Waals surface area contributed by atoms with Crippen molar-refractivity contribution in [2.24, 2.45) is 0 Å². The zero-order chi connectivity index (χ0) is 13.0. The molecule has 5 heteroatoms. The van der Waals surface area contributed by atoms with Crippen molar-refractivity contribution in [2.75, 3.05) is 17.7 Å². The van der Waals surface area contributed by atoms with Gasteiger partial charge in [-0.3, -0.25) is 0 Å². The summed E-state index contributed by atoms with van der Waals surface area (Å²) in [7, 11) is 0. The average Bonchev–Trinajstić information content (AvgIpc) is 2.30. The lowest BCUT2D eigenvalue weighted by Gasteiger charge is -2.42. The van der Waals surface area contributed by atoms with Crippen molar-refractivity contribution in [2.45, 2.75) is 51.7 Å². The van der Waals surface area contributed by atoms with Gasteiger partial charge in [0.25, 0.3) is 0 Å². The monoisotopic (exact) mass is 250 g/mol. The molecule has 1 aromatic rings. The van der Waals surface area contributed by atoms with Gasteiger partial charge in [0, 0.05) is 18.2 Å². The third-order valence-electron chi connectivity index (χ3n) is 3.61. The average molecular weight is 250 g/mol. The first kappa shape index (κ1) is 13.1. The zero-order valence-corrected chi connectivity index (χ0v) is 11.2. The van der Waals surface area contributed by atoms with E-state index in [0.717, 1.165) is 12.2 Å². The molecule has 100 valence electrons. The Hall–Kier alpha value is -1.36. The Morgan fingerprint density at radius 1 is 1.39 bits per heavy atom. The predicted octanol–water partition coefficient (Wildman–Crippen LogP) is 2.34. The molecular formula is C13H22N4O. The molecule has 0 atom stereocenters. The Kier molecular flexibility index (Phi) is 4.01. The Bertz CT molecular complexity index is 398. The highest BCUT2D eigenvalue weighted by atomic mass is 16.5. The molecule has 0 amide bonds. The van der Waals surface area contributed by atoms with Gasteiger partial charge in [-0.25, -0.2) is 9.97 Å². The summed E-state index contributed by atoms with van der Waals surface area (Å²) in [5.74, 6) is 1.96. The van der Waals surface area contributed by atoms with Crippen LogP contribution in [0.5, 0.6) is 0 Å². The van der Waals surface area contributed by atoms with Gasteiger partial charge in [-0.05, 0) is 32.6 Å². The van der Waals surface area contributed by atoms with E-state index in [1.165, 1.54) is 19.3 Å². The summed E-state index contributed by atoms with van der Waals surface area (Å²) < 4.78 is 5.32. The molecule has 1 aromatic heterocycles. The van der Waals surface area contributed by atoms with Crippen molar-refractivity contribution in [3.05, 3.63) is 11.9 Å². The van der Waals surface area contributed by atoms with Crippen molar-refractivity contribution in [1.82, 2.24) is 9.97 Å². The summed E-state index contributed by atoms with van der Waals surface area (Å²) >= 11 is 0. The highest BCUT2D eigenvalue weighted by Gasteiger charge is 2.35. The van der Waals surface area contributed by atoms with Crippen molar-refractivity contribution in [3.8, 4) is 0 Å². The Morgan fingerprint density at radius 2 is 2.17 bits per heavy atom. The van der Waals surface area contributed by atoms with Crippen LogP contribution in [0.4, 0.5) is 11.6 Å². The van der Waals surface area contributed by atoms with E-state index in [0.29, 0.717) is 24.9 Å². The van der Waals surface area contributed by atoms with Gasteiger partial charge in [-0.2, -0.15) is 0 Å². The largest absolute Gasteiger partial charge is 0.384 e. The number of hydrogen-bond acceptors (Lipinski definition) is 5. The first-order chi connectivity index (χ1) is 8.67. The van der Waals surface area contributed by atoms with E-state index in [2.05, 4.69) is 22.2 Å². The minimum Gasteiger partial charge on any atom is -0.384 e. The third kappa shape index (κ3) is 2.90. The number of aromatic nitrogens is 2. The fraction of sp³-hybridized carbons (Fsp3) is 0.692. The summed E-state index contributed by atoms with van der Waals surface area (Å²) in [4.78, 5) is 8.63. The molecule has 0 aliphatic heterocycles. The summed E-state index contributed by atoms with van der Waals surface area (Å²) in [6, 6.07) is 1.80. The second-order valence-electron chi connectivity index (χ2n) is 4.84. The smallest absolute Gasteiger partial charge is 0.158 e. The number of nitrogens with zero attached hydrogens (tertiary/aromatic N) is 2. The topological polar surface area (TPSA) is 73.1 Å². The summed E-state index contributed by atoms with van der Waals surface area (Å²) in [6.07, 6.45) is 4.80. The maximum absolute atomic E-state index is 5.80. The Labute approximate surface area is 108 Å². The zero-order valence-electron chi connectivity index (χ0n) is 11.2. The molecule has 0 bridgehead atoms. The van der Waals surface area contributed by atoms with Gasteiger partial charge < -0.3 is 15.8 Å². The van der Waals surface area contributed by atoms with E-state index in [1.54, 1.807) is 6.07 Å². The molecule has 1 saturated carbocycles. The molecule has 0 unspecified atom stereocenters. The number of nitrogens with two attached hydrogens (primary N) is 1. The lowest BCUT2D eigenvalue weighted by atomic mass is 9.75. The molecule has 0 spiro atoms. The van der Waals surface area contributed by atoms with Crippen LogP contribution in [0, 0.1) is 0 Å². The Balaban J connectivity index is 2.09. The van der Waals surface area contributed by atoms with Crippen LogP contribution in [0.15, 0.2) is 6.07 Å². The van der Waals surface area contributed by atoms with Crippen LogP contribution in [-0.4, -0.2) is 22.1 Å².